The lowest BCUT2D eigenvalue weighted by molar-refractivity contribution is 0.868. The lowest BCUT2D eigenvalue weighted by Crippen LogP contribution is -1.90. The molecule has 0 atom stereocenters. The van der Waals surface area contributed by atoms with E-state index in [0.717, 1.165) is 5.82 Å². The summed E-state index contributed by atoms with van der Waals surface area (Å²) in [6.45, 7) is 0.422. The van der Waals surface area contributed by atoms with E-state index in [1.165, 1.54) is 6.33 Å². The first-order valence-corrected chi connectivity index (χ1v) is 2.78. The van der Waals surface area contributed by atoms with Crippen LogP contribution in [0, 0.1) is 0 Å². The second kappa shape index (κ2) is 3.47. The molecule has 1 aromatic heterocycles. The van der Waals surface area contributed by atoms with Crippen LogP contribution in [0.4, 0.5) is 0 Å². The smallest absolute Gasteiger partial charge is 0.137 e. The van der Waals surface area contributed by atoms with E-state index in [2.05, 4.69) is 25.2 Å². The number of H-pyrrole nitrogens is 1. The minimum Gasteiger partial charge on any atom is -0.263 e. The maximum absolute atomic E-state index is 7.91. The van der Waals surface area contributed by atoms with Crippen LogP contribution in [0.25, 0.3) is 10.4 Å². The van der Waals surface area contributed by atoms with Crippen molar-refractivity contribution in [1.29, 1.82) is 0 Å². The molecule has 0 aliphatic heterocycles. The average molecular weight is 138 g/mol. The maximum Gasteiger partial charge on any atom is 0.137 e. The van der Waals surface area contributed by atoms with Gasteiger partial charge in [-0.15, -0.1) is 0 Å². The topological polar surface area (TPSA) is 90.3 Å². The van der Waals surface area contributed by atoms with Gasteiger partial charge in [-0.25, -0.2) is 4.98 Å². The normalized spacial score (nSPS) is 8.80. The van der Waals surface area contributed by atoms with Crippen molar-refractivity contribution in [3.05, 3.63) is 22.6 Å². The summed E-state index contributed by atoms with van der Waals surface area (Å²) in [5.74, 6) is 0.743. The third kappa shape index (κ3) is 1.75. The van der Waals surface area contributed by atoms with Crippen LogP contribution in [0.1, 0.15) is 5.82 Å². The molecule has 0 aliphatic rings. The minimum absolute atomic E-state index is 0.422. The summed E-state index contributed by atoms with van der Waals surface area (Å²) in [4.78, 5) is 6.44. The number of nitrogens with zero attached hydrogens (tertiary/aromatic N) is 5. The number of azide groups is 1. The van der Waals surface area contributed by atoms with Gasteiger partial charge in [0, 0.05) is 17.9 Å². The molecule has 0 amide bonds. The van der Waals surface area contributed by atoms with Crippen molar-refractivity contribution < 1.29 is 0 Å². The SMILES string of the molecule is [N-]=[N+]=NCCc1ncn[nH]1. The van der Waals surface area contributed by atoms with E-state index in [-0.39, 0.29) is 0 Å². The van der Waals surface area contributed by atoms with Crippen LogP contribution in [0.5, 0.6) is 0 Å². The highest BCUT2D eigenvalue weighted by molar-refractivity contribution is 4.80. The van der Waals surface area contributed by atoms with E-state index >= 15 is 0 Å². The molecule has 0 aromatic carbocycles. The molecule has 0 saturated carbocycles. The molecule has 0 saturated heterocycles. The van der Waals surface area contributed by atoms with E-state index < -0.39 is 0 Å². The first-order valence-electron chi connectivity index (χ1n) is 2.78. The highest BCUT2D eigenvalue weighted by Gasteiger charge is 1.91. The molecule has 0 radical (unpaired) electrons. The molecule has 0 spiro atoms. The number of nitrogens with one attached hydrogen (secondary N) is 1. The van der Waals surface area contributed by atoms with Crippen LogP contribution in [0.3, 0.4) is 0 Å². The van der Waals surface area contributed by atoms with Crippen molar-refractivity contribution in [2.45, 2.75) is 6.42 Å². The van der Waals surface area contributed by atoms with Crippen molar-refractivity contribution in [1.82, 2.24) is 15.2 Å². The van der Waals surface area contributed by atoms with Gasteiger partial charge in [-0.3, -0.25) is 5.10 Å². The van der Waals surface area contributed by atoms with Crippen LogP contribution in [-0.4, -0.2) is 21.7 Å². The van der Waals surface area contributed by atoms with Crippen LogP contribution < -0.4 is 0 Å². The summed E-state index contributed by atoms with van der Waals surface area (Å²) < 4.78 is 0. The Morgan fingerprint density at radius 3 is 3.30 bits per heavy atom. The quantitative estimate of drug-likeness (QED) is 0.377. The Hall–Kier alpha value is -1.55. The van der Waals surface area contributed by atoms with Crippen molar-refractivity contribution in [2.24, 2.45) is 5.11 Å². The zero-order chi connectivity index (χ0) is 7.23. The fourth-order valence-electron chi connectivity index (χ4n) is 0.552. The fraction of sp³-hybridized carbons (Fsp3) is 0.500. The van der Waals surface area contributed by atoms with Crippen molar-refractivity contribution >= 4 is 0 Å². The molecule has 6 nitrogen and oxygen atoms in total. The van der Waals surface area contributed by atoms with E-state index in [1.807, 2.05) is 0 Å². The standard InChI is InChI=1S/C4H6N6/c5-10-7-2-1-4-6-3-8-9-4/h3H,1-2H2,(H,6,8,9). The van der Waals surface area contributed by atoms with Gasteiger partial charge in [0.2, 0.25) is 0 Å². The zero-order valence-corrected chi connectivity index (χ0v) is 5.23. The largest absolute Gasteiger partial charge is 0.263 e. The lowest BCUT2D eigenvalue weighted by atomic mass is 10.4. The first-order chi connectivity index (χ1) is 4.93. The van der Waals surface area contributed by atoms with Gasteiger partial charge in [0.05, 0.1) is 0 Å². The Bertz CT molecular complexity index is 220. The number of aromatic amines is 1. The number of rotatable bonds is 3. The summed E-state index contributed by atoms with van der Waals surface area (Å²) in [5.41, 5.74) is 7.91. The van der Waals surface area contributed by atoms with E-state index in [0.29, 0.717) is 13.0 Å². The molecule has 0 aliphatic carbocycles. The Morgan fingerprint density at radius 2 is 2.70 bits per heavy atom. The van der Waals surface area contributed by atoms with Crippen LogP contribution in [0.2, 0.25) is 0 Å². The molecule has 52 valence electrons. The molecule has 0 unspecified atom stereocenters. The number of hydrogen-bond acceptors (Lipinski definition) is 3. The summed E-state index contributed by atoms with van der Waals surface area (Å²) in [6, 6.07) is 0. The second-order valence-corrected chi connectivity index (χ2v) is 1.64. The van der Waals surface area contributed by atoms with Crippen LogP contribution in [-0.2, 0) is 6.42 Å². The first kappa shape index (κ1) is 6.57. The second-order valence-electron chi connectivity index (χ2n) is 1.64. The average Bonchev–Trinajstić information content (AvgIpc) is 2.41. The maximum atomic E-state index is 7.91. The van der Waals surface area contributed by atoms with Crippen LogP contribution in [0.15, 0.2) is 11.4 Å². The molecule has 0 fully saturated rings. The van der Waals surface area contributed by atoms with Gasteiger partial charge in [-0.1, -0.05) is 5.11 Å². The summed E-state index contributed by atoms with van der Waals surface area (Å²) >= 11 is 0. The van der Waals surface area contributed by atoms with Crippen LogP contribution >= 0.6 is 0 Å². The summed E-state index contributed by atoms with van der Waals surface area (Å²) in [7, 11) is 0. The molecule has 10 heavy (non-hydrogen) atoms. The molecule has 1 aromatic rings. The fourth-order valence-corrected chi connectivity index (χ4v) is 0.552. The van der Waals surface area contributed by atoms with Gasteiger partial charge in [0.15, 0.2) is 0 Å². The Morgan fingerprint density at radius 1 is 1.80 bits per heavy atom. The molecule has 1 rings (SSSR count). The van der Waals surface area contributed by atoms with Crippen molar-refractivity contribution in [3.8, 4) is 0 Å². The molecule has 1 heterocycles. The summed E-state index contributed by atoms with van der Waals surface area (Å²) in [6.07, 6.45) is 2.04. The Kier molecular flexibility index (Phi) is 2.28. The third-order valence-electron chi connectivity index (χ3n) is 0.977. The Balaban J connectivity index is 2.34. The highest BCUT2D eigenvalue weighted by Crippen LogP contribution is 1.87. The molecular formula is C4H6N6. The molecule has 6 heteroatoms. The summed E-state index contributed by atoms with van der Waals surface area (Å²) in [5, 5.41) is 9.62. The van der Waals surface area contributed by atoms with Gasteiger partial charge in [0.25, 0.3) is 0 Å². The van der Waals surface area contributed by atoms with E-state index in [1.54, 1.807) is 0 Å². The van der Waals surface area contributed by atoms with Gasteiger partial charge in [0.1, 0.15) is 12.2 Å². The number of hydrogen-bond donors (Lipinski definition) is 1. The van der Waals surface area contributed by atoms with E-state index in [4.69, 9.17) is 5.53 Å². The number of aromatic nitrogens is 3. The molecular weight excluding hydrogens is 132 g/mol. The van der Waals surface area contributed by atoms with Gasteiger partial charge in [-0.2, -0.15) is 5.10 Å². The van der Waals surface area contributed by atoms with Gasteiger partial charge < -0.3 is 0 Å². The van der Waals surface area contributed by atoms with Crippen molar-refractivity contribution in [2.75, 3.05) is 6.54 Å². The van der Waals surface area contributed by atoms with E-state index in [9.17, 15) is 0 Å². The predicted molar refractivity (Wildman–Crippen MR) is 34.1 cm³/mol. The van der Waals surface area contributed by atoms with Crippen molar-refractivity contribution in [3.63, 3.8) is 0 Å². The van der Waals surface area contributed by atoms with Gasteiger partial charge >= 0.3 is 0 Å². The predicted octanol–water partition coefficient (Wildman–Crippen LogP) is 0.657. The minimum atomic E-state index is 0.422. The highest BCUT2D eigenvalue weighted by atomic mass is 15.2. The monoisotopic (exact) mass is 138 g/mol. The zero-order valence-electron chi connectivity index (χ0n) is 5.23. The lowest BCUT2D eigenvalue weighted by Gasteiger charge is -1.85. The third-order valence-corrected chi connectivity index (χ3v) is 0.977. The van der Waals surface area contributed by atoms with Gasteiger partial charge in [-0.05, 0) is 5.53 Å². The molecule has 0 bridgehead atoms. The molecule has 1 N–H and O–H groups in total. The Labute approximate surface area is 56.9 Å².